The van der Waals surface area contributed by atoms with Crippen molar-refractivity contribution < 1.29 is 24.3 Å². The van der Waals surface area contributed by atoms with E-state index >= 15 is 4.79 Å². The van der Waals surface area contributed by atoms with Gasteiger partial charge in [-0.1, -0.05) is 82.9 Å². The van der Waals surface area contributed by atoms with Crippen LogP contribution >= 0.6 is 23.2 Å². The molecule has 2 aliphatic carbocycles. The van der Waals surface area contributed by atoms with Gasteiger partial charge in [-0.05, 0) is 85.8 Å². The number of aryl methyl sites for hydroxylation is 1. The number of hydrogen-bond donors (Lipinski definition) is 2. The molecule has 0 spiro atoms. The van der Waals surface area contributed by atoms with Crippen molar-refractivity contribution in [1.82, 2.24) is 5.01 Å². The van der Waals surface area contributed by atoms with Crippen LogP contribution in [0.25, 0.3) is 0 Å². The first-order chi connectivity index (χ1) is 23.6. The highest BCUT2D eigenvalue weighted by molar-refractivity contribution is 6.31. The first-order valence-corrected chi connectivity index (χ1v) is 17.0. The molecular formula is C39H31Cl2N3O5. The number of hydrazine groups is 1. The average molecular weight is 693 g/mol. The van der Waals surface area contributed by atoms with Crippen LogP contribution in [0, 0.1) is 30.6 Å². The number of aromatic hydroxyl groups is 1. The fraction of sp³-hybridized carbons (Fsp3) is 0.231. The Hall–Kier alpha value is -4.92. The van der Waals surface area contributed by atoms with Gasteiger partial charge < -0.3 is 5.11 Å². The number of anilines is 2. The van der Waals surface area contributed by atoms with E-state index < -0.39 is 46.8 Å². The molecular weight excluding hydrogens is 661 g/mol. The predicted molar refractivity (Wildman–Crippen MR) is 186 cm³/mol. The van der Waals surface area contributed by atoms with Crippen LogP contribution in [0.2, 0.25) is 10.0 Å². The molecule has 246 valence electrons. The van der Waals surface area contributed by atoms with Gasteiger partial charge >= 0.3 is 0 Å². The minimum Gasteiger partial charge on any atom is -0.508 e. The lowest BCUT2D eigenvalue weighted by molar-refractivity contribution is -0.138. The Bertz CT molecular complexity index is 2070. The molecule has 2 aliphatic heterocycles. The highest BCUT2D eigenvalue weighted by Crippen LogP contribution is 2.65. The number of amides is 4. The van der Waals surface area contributed by atoms with Crippen molar-refractivity contribution >= 4 is 58.2 Å². The Morgan fingerprint density at radius 2 is 1.49 bits per heavy atom. The van der Waals surface area contributed by atoms with Crippen LogP contribution in [0.15, 0.2) is 109 Å². The molecule has 0 radical (unpaired) electrons. The number of fused-ring (bicyclic) bond motifs is 4. The van der Waals surface area contributed by atoms with Gasteiger partial charge in [0.25, 0.3) is 11.8 Å². The number of benzene rings is 4. The number of imide groups is 2. The van der Waals surface area contributed by atoms with Crippen molar-refractivity contribution in [1.29, 1.82) is 0 Å². The Kier molecular flexibility index (Phi) is 7.42. The largest absolute Gasteiger partial charge is 0.508 e. The van der Waals surface area contributed by atoms with Gasteiger partial charge in [0.1, 0.15) is 5.75 Å². The molecule has 4 aliphatic rings. The summed E-state index contributed by atoms with van der Waals surface area (Å²) in [5.41, 5.74) is 5.29. The van der Waals surface area contributed by atoms with Gasteiger partial charge in [0, 0.05) is 21.5 Å². The smallest absolute Gasteiger partial charge is 0.260 e. The fourth-order valence-electron chi connectivity index (χ4n) is 8.69. The molecule has 0 aromatic heterocycles. The van der Waals surface area contributed by atoms with Crippen molar-refractivity contribution in [2.45, 2.75) is 31.1 Å². The maximum atomic E-state index is 15.2. The van der Waals surface area contributed by atoms with E-state index in [4.69, 9.17) is 23.2 Å². The van der Waals surface area contributed by atoms with Gasteiger partial charge in [0.05, 0.1) is 34.5 Å². The molecule has 2 heterocycles. The van der Waals surface area contributed by atoms with E-state index in [-0.39, 0.29) is 30.4 Å². The number of carbonyl (C=O) groups excluding carboxylic acids is 4. The van der Waals surface area contributed by atoms with Crippen molar-refractivity contribution in [3.05, 3.63) is 135 Å². The van der Waals surface area contributed by atoms with Crippen LogP contribution in [0.4, 0.5) is 11.4 Å². The second-order valence-electron chi connectivity index (χ2n) is 13.3. The molecule has 2 N–H and O–H groups in total. The highest BCUT2D eigenvalue weighted by Gasteiger charge is 2.70. The third-order valence-electron chi connectivity index (χ3n) is 10.8. The number of rotatable bonds is 5. The maximum Gasteiger partial charge on any atom is 0.260 e. The summed E-state index contributed by atoms with van der Waals surface area (Å²) in [5, 5.41) is 13.4. The number of phenols is 1. The number of hydrogen-bond acceptors (Lipinski definition) is 6. The van der Waals surface area contributed by atoms with Gasteiger partial charge in [0.15, 0.2) is 0 Å². The number of allylic oxidation sites excluding steroid dienone is 2. The van der Waals surface area contributed by atoms with E-state index in [0.29, 0.717) is 32.5 Å². The van der Waals surface area contributed by atoms with Crippen molar-refractivity contribution in [2.24, 2.45) is 23.7 Å². The summed E-state index contributed by atoms with van der Waals surface area (Å²) in [6.45, 7) is 1.95. The monoisotopic (exact) mass is 691 g/mol. The lowest BCUT2D eigenvalue weighted by atomic mass is 9.49. The lowest BCUT2D eigenvalue weighted by Crippen LogP contribution is -2.53. The Balaban J connectivity index is 1.33. The molecule has 4 amide bonds. The third kappa shape index (κ3) is 4.65. The highest BCUT2D eigenvalue weighted by atomic mass is 35.5. The van der Waals surface area contributed by atoms with Crippen molar-refractivity contribution in [3.8, 4) is 5.75 Å². The molecule has 49 heavy (non-hydrogen) atoms. The molecule has 4 aromatic rings. The zero-order valence-electron chi connectivity index (χ0n) is 26.3. The summed E-state index contributed by atoms with van der Waals surface area (Å²) < 4.78 is 0. The summed E-state index contributed by atoms with van der Waals surface area (Å²) in [7, 11) is 0. The van der Waals surface area contributed by atoms with Crippen LogP contribution in [0.5, 0.6) is 5.75 Å². The summed E-state index contributed by atoms with van der Waals surface area (Å²) in [5.74, 6) is -5.52. The minimum absolute atomic E-state index is 0.0889. The van der Waals surface area contributed by atoms with Crippen LogP contribution in [-0.4, -0.2) is 33.7 Å². The number of phenolic OH excluding ortho intramolecular Hbond substituents is 1. The molecule has 2 saturated heterocycles. The molecule has 8 nitrogen and oxygen atoms in total. The molecule has 6 atom stereocenters. The molecule has 1 saturated carbocycles. The maximum absolute atomic E-state index is 15.2. The third-order valence-corrected chi connectivity index (χ3v) is 11.3. The zero-order valence-corrected chi connectivity index (χ0v) is 27.9. The number of nitrogens with zero attached hydrogens (tertiary/aromatic N) is 2. The first kappa shape index (κ1) is 31.4. The van der Waals surface area contributed by atoms with E-state index in [1.807, 2.05) is 55.5 Å². The van der Waals surface area contributed by atoms with Gasteiger partial charge in [0.2, 0.25) is 11.8 Å². The van der Waals surface area contributed by atoms with Gasteiger partial charge in [-0.25, -0.2) is 0 Å². The zero-order chi connectivity index (χ0) is 34.2. The number of halogens is 2. The summed E-state index contributed by atoms with van der Waals surface area (Å²) in [4.78, 5) is 59.4. The predicted octanol–water partition coefficient (Wildman–Crippen LogP) is 7.20. The second kappa shape index (κ2) is 11.6. The second-order valence-corrected chi connectivity index (χ2v) is 14.2. The van der Waals surface area contributed by atoms with Crippen molar-refractivity contribution in [2.75, 3.05) is 10.3 Å². The Labute approximate surface area is 292 Å². The number of carbonyl (C=O) groups is 4. The lowest BCUT2D eigenvalue weighted by Gasteiger charge is -2.50. The molecule has 10 heteroatoms. The van der Waals surface area contributed by atoms with E-state index in [1.54, 1.807) is 48.5 Å². The summed E-state index contributed by atoms with van der Waals surface area (Å²) >= 11 is 12.7. The van der Waals surface area contributed by atoms with Crippen LogP contribution in [-0.2, 0) is 24.6 Å². The van der Waals surface area contributed by atoms with E-state index in [0.717, 1.165) is 16.1 Å². The van der Waals surface area contributed by atoms with Crippen LogP contribution in [0.1, 0.15) is 35.4 Å². The topological polar surface area (TPSA) is 107 Å². The molecule has 8 rings (SSSR count). The summed E-state index contributed by atoms with van der Waals surface area (Å²) in [6.07, 6.45) is 2.35. The van der Waals surface area contributed by atoms with Gasteiger partial charge in [-0.15, -0.1) is 0 Å². The van der Waals surface area contributed by atoms with Gasteiger partial charge in [-0.2, -0.15) is 5.01 Å². The first-order valence-electron chi connectivity index (χ1n) is 16.2. The van der Waals surface area contributed by atoms with E-state index in [9.17, 15) is 19.5 Å². The van der Waals surface area contributed by atoms with Gasteiger partial charge in [-0.3, -0.25) is 29.5 Å². The Morgan fingerprint density at radius 3 is 2.20 bits per heavy atom. The Morgan fingerprint density at radius 1 is 0.796 bits per heavy atom. The van der Waals surface area contributed by atoms with Crippen LogP contribution < -0.4 is 10.3 Å². The normalized spacial score (nSPS) is 27.5. The quantitative estimate of drug-likeness (QED) is 0.169. The average Bonchev–Trinajstić information content (AvgIpc) is 3.48. The minimum atomic E-state index is -1.51. The fourth-order valence-corrected chi connectivity index (χ4v) is 9.00. The molecule has 4 aromatic carbocycles. The summed E-state index contributed by atoms with van der Waals surface area (Å²) in [6, 6.07) is 27.8. The van der Waals surface area contributed by atoms with E-state index in [2.05, 4.69) is 5.43 Å². The van der Waals surface area contributed by atoms with E-state index in [1.165, 1.54) is 11.0 Å². The van der Waals surface area contributed by atoms with Crippen LogP contribution in [0.3, 0.4) is 0 Å². The van der Waals surface area contributed by atoms with Crippen molar-refractivity contribution in [3.63, 3.8) is 0 Å². The SMILES string of the molecule is Cc1ccc(NN2C(=O)C3CC4C(=CCC5C(=O)N(c6ccc(Cl)cc6)C(=O)C54)C(c4cc(Cl)ccc4O)C3(c3ccccc3)C2=O)cc1. The molecule has 3 fully saturated rings. The number of nitrogens with one attached hydrogen (secondary N) is 1. The molecule has 0 bridgehead atoms. The standard InChI is InChI=1S/C39H31Cl2N3O5/c1-21-7-12-25(13-8-21)42-44-36(47)31-20-29-27(16-17-28-33(29)37(48)43(35(28)46)26-14-9-23(40)10-15-26)34(30-19-24(41)11-18-32(30)45)39(31,38(44)49)22-5-3-2-4-6-22/h2-16,18-19,28-29,31,33-34,42,45H,17,20H2,1H3. The molecule has 6 unspecified atom stereocenters.